The quantitative estimate of drug-likeness (QED) is 0.0264. The highest BCUT2D eigenvalue weighted by atomic mass is 28.4. The number of hydrogen-bond donors (Lipinski definition) is 0. The van der Waals surface area contributed by atoms with E-state index < -0.39 is 16.6 Å². The van der Waals surface area contributed by atoms with Crippen LogP contribution in [0.1, 0.15) is 329 Å². The molecule has 4 nitrogen and oxygen atoms in total. The summed E-state index contributed by atoms with van der Waals surface area (Å²) < 4.78 is 20.1. The molecule has 0 spiro atoms. The minimum absolute atomic E-state index is 0.0372. The Morgan fingerprint density at radius 1 is 0.343 bits per heavy atom. The number of esters is 1. The molecule has 0 rings (SSSR count). The molecule has 0 bridgehead atoms. The van der Waals surface area contributed by atoms with E-state index >= 15 is 0 Å². The predicted molar refractivity (Wildman–Crippen MR) is 319 cm³/mol. The third-order valence-corrected chi connectivity index (χ3v) is 20.7. The van der Waals surface area contributed by atoms with E-state index in [2.05, 4.69) is 66.0 Å². The largest absolute Gasteiger partial charge is 0.465 e. The van der Waals surface area contributed by atoms with E-state index in [1.165, 1.54) is 288 Å². The summed E-state index contributed by atoms with van der Waals surface area (Å²) in [5, 5.41) is 0. The number of unbranched alkanes of at least 4 members (excludes halogenated alkanes) is 41. The SMILES string of the molecule is CCCCCCCCC=CCCCCCCCC(=O)OCC(CC)(CO[Si](C)(C)CCCCCCCCCCCCCCCCCC)CO[Si](C)(C)CCCCCCCCCCCCCCCCCC. The average Bonchev–Trinajstić information content (AvgIpc) is 3.34. The molecule has 0 saturated carbocycles. The van der Waals surface area contributed by atoms with E-state index in [1.54, 1.807) is 0 Å². The van der Waals surface area contributed by atoms with Crippen LogP contribution in [0.4, 0.5) is 0 Å². The summed E-state index contributed by atoms with van der Waals surface area (Å²) in [6.45, 7) is 20.5. The minimum Gasteiger partial charge on any atom is -0.465 e. The Morgan fingerprint density at radius 3 is 0.886 bits per heavy atom. The van der Waals surface area contributed by atoms with Crippen LogP contribution in [0.3, 0.4) is 0 Å². The van der Waals surface area contributed by atoms with Crippen molar-refractivity contribution in [3.63, 3.8) is 0 Å². The van der Waals surface area contributed by atoms with Crippen molar-refractivity contribution in [2.45, 2.75) is 368 Å². The van der Waals surface area contributed by atoms with Crippen LogP contribution < -0.4 is 0 Å². The second kappa shape index (κ2) is 52.0. The van der Waals surface area contributed by atoms with E-state index in [-0.39, 0.29) is 11.4 Å². The van der Waals surface area contributed by atoms with Crippen LogP contribution in [0.2, 0.25) is 38.3 Å². The average molecular weight is 1020 g/mol. The molecule has 0 atom stereocenters. The predicted octanol–water partition coefficient (Wildman–Crippen LogP) is 22.9. The van der Waals surface area contributed by atoms with Crippen molar-refractivity contribution in [1.29, 1.82) is 0 Å². The Labute approximate surface area is 444 Å². The molecule has 0 unspecified atom stereocenters. The van der Waals surface area contributed by atoms with Gasteiger partial charge >= 0.3 is 5.97 Å². The summed E-state index contributed by atoms with van der Waals surface area (Å²) in [7, 11) is -3.73. The summed E-state index contributed by atoms with van der Waals surface area (Å²) >= 11 is 0. The molecule has 0 amide bonds. The zero-order chi connectivity index (χ0) is 51.4. The maximum Gasteiger partial charge on any atom is 0.305 e. The molecule has 70 heavy (non-hydrogen) atoms. The lowest BCUT2D eigenvalue weighted by Gasteiger charge is -2.38. The summed E-state index contributed by atoms with van der Waals surface area (Å²) in [5.74, 6) is -0.0372. The molecule has 0 N–H and O–H groups in total. The van der Waals surface area contributed by atoms with Gasteiger partial charge in [0, 0.05) is 25.0 Å². The molecule has 0 aromatic heterocycles. The molecule has 0 aromatic carbocycles. The van der Waals surface area contributed by atoms with E-state index in [0.717, 1.165) is 19.3 Å². The van der Waals surface area contributed by atoms with Gasteiger partial charge in [-0.3, -0.25) is 4.79 Å². The highest BCUT2D eigenvalue weighted by Gasteiger charge is 2.37. The number of hydrogen-bond acceptors (Lipinski definition) is 4. The maximum atomic E-state index is 13.2. The van der Waals surface area contributed by atoms with Crippen LogP contribution in [-0.2, 0) is 18.4 Å². The second-order valence-electron chi connectivity index (χ2n) is 24.1. The van der Waals surface area contributed by atoms with Crippen LogP contribution in [-0.4, -0.2) is 42.4 Å². The van der Waals surface area contributed by atoms with Gasteiger partial charge in [-0.1, -0.05) is 297 Å². The van der Waals surface area contributed by atoms with E-state index in [9.17, 15) is 4.79 Å². The normalized spacial score (nSPS) is 12.5. The first-order chi connectivity index (χ1) is 34.1. The highest BCUT2D eigenvalue weighted by molar-refractivity contribution is 6.71. The summed E-state index contributed by atoms with van der Waals surface area (Å²) in [5.41, 5.74) is -0.282. The number of rotatable bonds is 58. The molecule has 0 heterocycles. The number of carbonyl (C=O) groups excluding carboxylic acids is 1. The molecule has 0 aliphatic rings. The third-order valence-electron chi connectivity index (χ3n) is 15.7. The van der Waals surface area contributed by atoms with Crippen LogP contribution in [0.15, 0.2) is 12.2 Å². The zero-order valence-electron chi connectivity index (χ0n) is 49.6. The zero-order valence-corrected chi connectivity index (χ0v) is 51.6. The molecule has 0 aliphatic heterocycles. The number of allylic oxidation sites excluding steroid dienone is 2. The van der Waals surface area contributed by atoms with Gasteiger partial charge in [-0.15, -0.1) is 0 Å². The van der Waals surface area contributed by atoms with Crippen molar-refractivity contribution < 1.29 is 18.4 Å². The van der Waals surface area contributed by atoms with Gasteiger partial charge in [0.2, 0.25) is 0 Å². The Morgan fingerprint density at radius 2 is 0.600 bits per heavy atom. The maximum absolute atomic E-state index is 13.2. The Bertz CT molecular complexity index is 1040. The van der Waals surface area contributed by atoms with Crippen molar-refractivity contribution in [2.24, 2.45) is 5.41 Å². The van der Waals surface area contributed by atoms with E-state index in [0.29, 0.717) is 26.2 Å². The van der Waals surface area contributed by atoms with Gasteiger partial charge in [0.1, 0.15) is 6.61 Å². The van der Waals surface area contributed by atoms with Crippen LogP contribution in [0, 0.1) is 5.41 Å². The van der Waals surface area contributed by atoms with Crippen molar-refractivity contribution in [3.8, 4) is 0 Å². The minimum atomic E-state index is -1.87. The van der Waals surface area contributed by atoms with E-state index in [4.69, 9.17) is 13.6 Å². The monoisotopic (exact) mass is 1020 g/mol. The fourth-order valence-corrected chi connectivity index (χ4v) is 14.0. The van der Waals surface area contributed by atoms with Gasteiger partial charge in [0.15, 0.2) is 16.6 Å². The van der Waals surface area contributed by atoms with Gasteiger partial charge in [0.05, 0.1) is 0 Å². The highest BCUT2D eigenvalue weighted by Crippen LogP contribution is 2.31. The lowest BCUT2D eigenvalue weighted by Crippen LogP contribution is -2.45. The molecular formula is C64H130O4Si2. The Kier molecular flexibility index (Phi) is 51.7. The van der Waals surface area contributed by atoms with E-state index in [1.807, 2.05) is 0 Å². The lowest BCUT2D eigenvalue weighted by molar-refractivity contribution is -0.149. The fraction of sp³-hybridized carbons (Fsp3) is 0.953. The molecule has 0 saturated heterocycles. The van der Waals surface area contributed by atoms with Crippen LogP contribution >= 0.6 is 0 Å². The van der Waals surface area contributed by atoms with Gasteiger partial charge < -0.3 is 13.6 Å². The van der Waals surface area contributed by atoms with Crippen molar-refractivity contribution >= 4 is 22.6 Å². The van der Waals surface area contributed by atoms with Crippen LogP contribution in [0.25, 0.3) is 0 Å². The molecule has 0 aliphatic carbocycles. The molecule has 6 heteroatoms. The molecular weight excluding hydrogens is 889 g/mol. The topological polar surface area (TPSA) is 44.8 Å². The first-order valence-electron chi connectivity index (χ1n) is 32.1. The summed E-state index contributed by atoms with van der Waals surface area (Å²) in [6, 6.07) is 2.42. The second-order valence-corrected chi connectivity index (χ2v) is 32.7. The van der Waals surface area contributed by atoms with Gasteiger partial charge in [-0.25, -0.2) is 0 Å². The Balaban J connectivity index is 4.75. The fourth-order valence-electron chi connectivity index (χ4n) is 10.1. The number of carbonyl (C=O) groups is 1. The standard InChI is InChI=1S/C64H130O4Si2/c1-9-13-16-19-22-25-28-31-34-37-40-43-46-49-52-55-58-69(5,6)67-61-64(12-4,60-66-63(65)57-54-51-48-45-42-39-36-33-30-27-24-21-18-15-11-3)62-68-70(7,8)59-56-53-50-47-44-41-38-35-32-29-26-23-20-17-14-10-2/h33,36H,9-32,34-35,37-62H2,1-8H3. The first-order valence-corrected chi connectivity index (χ1v) is 38.4. The molecule has 418 valence electrons. The lowest BCUT2D eigenvalue weighted by atomic mass is 9.88. The molecule has 0 aromatic rings. The van der Waals surface area contributed by atoms with Gasteiger partial charge in [0.25, 0.3) is 0 Å². The van der Waals surface area contributed by atoms with Crippen molar-refractivity contribution in [2.75, 3.05) is 19.8 Å². The van der Waals surface area contributed by atoms with Gasteiger partial charge in [-0.05, 0) is 76.8 Å². The third kappa shape index (κ3) is 49.8. The smallest absolute Gasteiger partial charge is 0.305 e. The van der Waals surface area contributed by atoms with Gasteiger partial charge in [-0.2, -0.15) is 0 Å². The van der Waals surface area contributed by atoms with Crippen molar-refractivity contribution in [3.05, 3.63) is 12.2 Å². The van der Waals surface area contributed by atoms with Crippen LogP contribution in [0.5, 0.6) is 0 Å². The number of ether oxygens (including phenoxy) is 1. The molecule has 0 radical (unpaired) electrons. The Hall–Kier alpha value is -0.436. The molecule has 0 fully saturated rings. The summed E-state index contributed by atoms with van der Waals surface area (Å²) in [6.07, 6.45) is 67.6. The first kappa shape index (κ1) is 69.6. The van der Waals surface area contributed by atoms with Crippen molar-refractivity contribution in [1.82, 2.24) is 0 Å². The summed E-state index contributed by atoms with van der Waals surface area (Å²) in [4.78, 5) is 13.2.